The van der Waals surface area contributed by atoms with E-state index in [-0.39, 0.29) is 16.9 Å². The van der Waals surface area contributed by atoms with Crippen LogP contribution in [0.3, 0.4) is 0 Å². The monoisotopic (exact) mass is 482 g/mol. The Labute approximate surface area is 204 Å². The molecule has 0 aliphatic heterocycles. The number of para-hydroxylation sites is 1. The molecule has 2 aromatic carbocycles. The highest BCUT2D eigenvalue weighted by Crippen LogP contribution is 2.30. The molecule has 0 saturated heterocycles. The van der Waals surface area contributed by atoms with Crippen molar-refractivity contribution in [2.24, 2.45) is 5.92 Å². The van der Waals surface area contributed by atoms with Gasteiger partial charge in [0.05, 0.1) is 12.2 Å². The topological polar surface area (TPSA) is 109 Å². The van der Waals surface area contributed by atoms with Gasteiger partial charge in [-0.2, -0.15) is 0 Å². The van der Waals surface area contributed by atoms with Gasteiger partial charge in [0.2, 0.25) is 5.91 Å². The zero-order chi connectivity index (χ0) is 24.3. The van der Waals surface area contributed by atoms with Crippen LogP contribution in [0.2, 0.25) is 0 Å². The van der Waals surface area contributed by atoms with Gasteiger partial charge in [-0.3, -0.25) is 30.6 Å². The average Bonchev–Trinajstić information content (AvgIpc) is 3.69. The molecular formula is C25H30N4O4S. The quantitative estimate of drug-likeness (QED) is 0.232. The van der Waals surface area contributed by atoms with E-state index in [1.807, 2.05) is 0 Å². The number of hydrogen-bond donors (Lipinski definition) is 4. The lowest BCUT2D eigenvalue weighted by molar-refractivity contribution is -0.117. The van der Waals surface area contributed by atoms with Gasteiger partial charge in [-0.1, -0.05) is 38.3 Å². The zero-order valence-electron chi connectivity index (χ0n) is 19.2. The number of unbranched alkanes of at least 4 members (excludes halogenated alkanes) is 3. The largest absolute Gasteiger partial charge is 0.493 e. The highest BCUT2D eigenvalue weighted by atomic mass is 32.1. The molecule has 0 bridgehead atoms. The molecule has 0 aromatic heterocycles. The molecule has 2 aromatic rings. The third kappa shape index (κ3) is 7.84. The lowest BCUT2D eigenvalue weighted by atomic mass is 10.2. The number of ether oxygens (including phenoxy) is 1. The summed E-state index contributed by atoms with van der Waals surface area (Å²) in [5.74, 6) is -0.285. The van der Waals surface area contributed by atoms with Crippen molar-refractivity contribution < 1.29 is 19.1 Å². The van der Waals surface area contributed by atoms with Gasteiger partial charge in [-0.25, -0.2) is 0 Å². The first-order valence-corrected chi connectivity index (χ1v) is 11.9. The third-order valence-electron chi connectivity index (χ3n) is 5.27. The van der Waals surface area contributed by atoms with E-state index < -0.39 is 11.8 Å². The van der Waals surface area contributed by atoms with Crippen molar-refractivity contribution in [2.75, 3.05) is 11.9 Å². The summed E-state index contributed by atoms with van der Waals surface area (Å²) in [5, 5.41) is 5.31. The lowest BCUT2D eigenvalue weighted by Gasteiger charge is -2.13. The Balaban J connectivity index is 1.45. The normalized spacial score (nSPS) is 12.4. The fourth-order valence-corrected chi connectivity index (χ4v) is 3.32. The minimum absolute atomic E-state index is 0.00317. The SMILES string of the molecule is CCCCCCOc1ccccc1C(=O)NC(=S)NNC(=O)c1ccc(NC(=O)C2CC2)cc1. The van der Waals surface area contributed by atoms with E-state index in [0.29, 0.717) is 29.2 Å². The minimum Gasteiger partial charge on any atom is -0.493 e. The Morgan fingerprint density at radius 2 is 1.68 bits per heavy atom. The zero-order valence-corrected chi connectivity index (χ0v) is 20.0. The summed E-state index contributed by atoms with van der Waals surface area (Å²) >= 11 is 5.13. The number of rotatable bonds is 10. The van der Waals surface area contributed by atoms with Gasteiger partial charge in [0.1, 0.15) is 5.75 Å². The molecule has 0 spiro atoms. The highest BCUT2D eigenvalue weighted by Gasteiger charge is 2.29. The Bertz CT molecular complexity index is 1020. The smallest absolute Gasteiger partial charge is 0.269 e. The number of anilines is 1. The van der Waals surface area contributed by atoms with Crippen molar-refractivity contribution >= 4 is 40.7 Å². The van der Waals surface area contributed by atoms with Crippen LogP contribution in [0.1, 0.15) is 66.2 Å². The number of nitrogens with one attached hydrogen (secondary N) is 4. The molecule has 1 fully saturated rings. The first kappa shape index (κ1) is 25.2. The number of amides is 3. The summed E-state index contributed by atoms with van der Waals surface area (Å²) in [6, 6.07) is 13.4. The maximum absolute atomic E-state index is 12.6. The predicted octanol–water partition coefficient (Wildman–Crippen LogP) is 3.94. The fourth-order valence-electron chi connectivity index (χ4n) is 3.17. The van der Waals surface area contributed by atoms with E-state index in [2.05, 4.69) is 28.4 Å². The van der Waals surface area contributed by atoms with Crippen LogP contribution < -0.4 is 26.2 Å². The van der Waals surface area contributed by atoms with Crippen LogP contribution in [0.5, 0.6) is 5.75 Å². The summed E-state index contributed by atoms with van der Waals surface area (Å²) in [7, 11) is 0. The van der Waals surface area contributed by atoms with E-state index in [1.165, 1.54) is 0 Å². The molecule has 3 amide bonds. The number of hydrazine groups is 1. The van der Waals surface area contributed by atoms with E-state index in [0.717, 1.165) is 38.5 Å². The first-order chi connectivity index (χ1) is 16.5. The van der Waals surface area contributed by atoms with Gasteiger partial charge in [0.25, 0.3) is 11.8 Å². The van der Waals surface area contributed by atoms with Gasteiger partial charge < -0.3 is 10.1 Å². The standard InChI is InChI=1S/C25H30N4O4S/c1-2-3-4-7-16-33-21-9-6-5-8-20(21)24(32)27-25(34)29-28-23(31)18-12-14-19(15-13-18)26-22(30)17-10-11-17/h5-6,8-9,12-15,17H,2-4,7,10-11,16H2,1H3,(H,26,30)(H,28,31)(H2,27,29,32,34). The van der Waals surface area contributed by atoms with E-state index in [9.17, 15) is 14.4 Å². The maximum Gasteiger partial charge on any atom is 0.269 e. The third-order valence-corrected chi connectivity index (χ3v) is 5.47. The van der Waals surface area contributed by atoms with Crippen LogP contribution in [-0.4, -0.2) is 29.4 Å². The molecule has 0 heterocycles. The molecule has 0 radical (unpaired) electrons. The van der Waals surface area contributed by atoms with Crippen LogP contribution in [0.25, 0.3) is 0 Å². The molecular weight excluding hydrogens is 452 g/mol. The van der Waals surface area contributed by atoms with Crippen molar-refractivity contribution in [3.63, 3.8) is 0 Å². The van der Waals surface area contributed by atoms with E-state index in [4.69, 9.17) is 17.0 Å². The van der Waals surface area contributed by atoms with Gasteiger partial charge >= 0.3 is 0 Å². The molecule has 3 rings (SSSR count). The molecule has 34 heavy (non-hydrogen) atoms. The van der Waals surface area contributed by atoms with Crippen LogP contribution >= 0.6 is 12.2 Å². The van der Waals surface area contributed by atoms with Crippen LogP contribution in [0.4, 0.5) is 5.69 Å². The van der Waals surface area contributed by atoms with Gasteiger partial charge in [-0.15, -0.1) is 0 Å². The summed E-state index contributed by atoms with van der Waals surface area (Å²) in [4.78, 5) is 36.8. The second kappa shape index (κ2) is 12.7. The average molecular weight is 483 g/mol. The molecule has 8 nitrogen and oxygen atoms in total. The van der Waals surface area contributed by atoms with Crippen molar-refractivity contribution in [3.8, 4) is 5.75 Å². The van der Waals surface area contributed by atoms with Gasteiger partial charge in [0.15, 0.2) is 5.11 Å². The molecule has 1 aliphatic rings. The van der Waals surface area contributed by atoms with Crippen molar-refractivity contribution in [1.82, 2.24) is 16.2 Å². The van der Waals surface area contributed by atoms with Crippen molar-refractivity contribution in [2.45, 2.75) is 45.4 Å². The number of thiocarbonyl (C=S) groups is 1. The highest BCUT2D eigenvalue weighted by molar-refractivity contribution is 7.80. The Morgan fingerprint density at radius 3 is 2.38 bits per heavy atom. The second-order valence-electron chi connectivity index (χ2n) is 8.11. The Kier molecular flexibility index (Phi) is 9.40. The summed E-state index contributed by atoms with van der Waals surface area (Å²) < 4.78 is 5.77. The molecule has 1 saturated carbocycles. The summed E-state index contributed by atoms with van der Waals surface area (Å²) in [6.07, 6.45) is 6.14. The van der Waals surface area contributed by atoms with E-state index in [1.54, 1.807) is 48.5 Å². The molecule has 0 unspecified atom stereocenters. The van der Waals surface area contributed by atoms with Crippen molar-refractivity contribution in [1.29, 1.82) is 0 Å². The van der Waals surface area contributed by atoms with Crippen LogP contribution in [0.15, 0.2) is 48.5 Å². The number of carbonyl (C=O) groups is 3. The van der Waals surface area contributed by atoms with Crippen LogP contribution in [0, 0.1) is 5.92 Å². The number of hydrogen-bond acceptors (Lipinski definition) is 5. The van der Waals surface area contributed by atoms with Crippen LogP contribution in [-0.2, 0) is 4.79 Å². The summed E-state index contributed by atoms with van der Waals surface area (Å²) in [6.45, 7) is 2.68. The lowest BCUT2D eigenvalue weighted by Crippen LogP contribution is -2.48. The predicted molar refractivity (Wildman–Crippen MR) is 135 cm³/mol. The van der Waals surface area contributed by atoms with Crippen molar-refractivity contribution in [3.05, 3.63) is 59.7 Å². The second-order valence-corrected chi connectivity index (χ2v) is 8.52. The molecule has 1 aliphatic carbocycles. The number of carbonyl (C=O) groups excluding carboxylic acids is 3. The molecule has 0 atom stereocenters. The fraction of sp³-hybridized carbons (Fsp3) is 0.360. The Morgan fingerprint density at radius 1 is 0.941 bits per heavy atom. The molecule has 9 heteroatoms. The molecule has 180 valence electrons. The van der Waals surface area contributed by atoms with E-state index >= 15 is 0 Å². The van der Waals surface area contributed by atoms with Gasteiger partial charge in [0, 0.05) is 17.2 Å². The minimum atomic E-state index is -0.438. The molecule has 4 N–H and O–H groups in total. The van der Waals surface area contributed by atoms with Gasteiger partial charge in [-0.05, 0) is 67.9 Å². The maximum atomic E-state index is 12.6. The number of benzene rings is 2. The summed E-state index contributed by atoms with van der Waals surface area (Å²) in [5.41, 5.74) is 6.34. The Hall–Kier alpha value is -3.46. The first-order valence-electron chi connectivity index (χ1n) is 11.5.